The fraction of sp³-hybridized carbons (Fsp3) is 0.786. The average Bonchev–Trinajstić information content (AvgIpc) is 2.95. The number of aliphatic hydroxyl groups excluding tert-OH is 1. The van der Waals surface area contributed by atoms with E-state index in [1.54, 1.807) is 0 Å². The number of hydrogen-bond acceptors (Lipinski definition) is 8. The lowest BCUT2D eigenvalue weighted by atomic mass is 10.0. The first-order valence-electron chi connectivity index (χ1n) is 7.75. The van der Waals surface area contributed by atoms with Gasteiger partial charge in [0.25, 0.3) is 0 Å². The number of rotatable bonds is 4. The van der Waals surface area contributed by atoms with Gasteiger partial charge >= 0.3 is 0 Å². The van der Waals surface area contributed by atoms with Gasteiger partial charge in [-0.2, -0.15) is 15.0 Å². The van der Waals surface area contributed by atoms with Gasteiger partial charge < -0.3 is 24.8 Å². The minimum absolute atomic E-state index is 0.0491. The molecule has 0 aliphatic carbocycles. The molecule has 0 radical (unpaired) electrons. The molecule has 23 heavy (non-hydrogen) atoms. The molecule has 3 heterocycles. The van der Waals surface area contributed by atoms with Gasteiger partial charge in [0.1, 0.15) is 0 Å². The summed E-state index contributed by atoms with van der Waals surface area (Å²) in [5.74, 6) is 0.439. The first-order chi connectivity index (χ1) is 10.9. The molecule has 0 bridgehead atoms. The van der Waals surface area contributed by atoms with E-state index in [9.17, 15) is 5.11 Å². The summed E-state index contributed by atoms with van der Waals surface area (Å²) in [4.78, 5) is 14.8. The Balaban J connectivity index is 1.72. The van der Waals surface area contributed by atoms with Crippen molar-refractivity contribution in [1.82, 2.24) is 15.0 Å². The molecule has 0 unspecified atom stereocenters. The van der Waals surface area contributed by atoms with Crippen molar-refractivity contribution in [3.63, 3.8) is 0 Å². The van der Waals surface area contributed by atoms with Crippen molar-refractivity contribution in [3.8, 4) is 0 Å². The largest absolute Gasteiger partial charge is 0.394 e. The Morgan fingerprint density at radius 1 is 1.22 bits per heavy atom. The van der Waals surface area contributed by atoms with Crippen molar-refractivity contribution in [1.29, 1.82) is 0 Å². The number of anilines is 2. The van der Waals surface area contributed by atoms with Crippen LogP contribution in [0.3, 0.4) is 0 Å². The van der Waals surface area contributed by atoms with Crippen LogP contribution < -0.4 is 10.2 Å². The zero-order valence-corrected chi connectivity index (χ0v) is 14.1. The zero-order valence-electron chi connectivity index (χ0n) is 13.4. The van der Waals surface area contributed by atoms with Gasteiger partial charge in [-0.1, -0.05) is 0 Å². The third-order valence-corrected chi connectivity index (χ3v) is 4.23. The lowest BCUT2D eigenvalue weighted by molar-refractivity contribution is -0.169. The Morgan fingerprint density at radius 2 is 1.87 bits per heavy atom. The summed E-state index contributed by atoms with van der Waals surface area (Å²) in [6.07, 6.45) is 1.53. The number of ether oxygens (including phenoxy) is 2. The Hall–Kier alpha value is -1.22. The van der Waals surface area contributed by atoms with E-state index in [2.05, 4.69) is 20.3 Å². The highest BCUT2D eigenvalue weighted by Crippen LogP contribution is 2.32. The summed E-state index contributed by atoms with van der Waals surface area (Å²) in [6, 6.07) is 0. The van der Waals surface area contributed by atoms with Crippen molar-refractivity contribution in [2.75, 3.05) is 43.1 Å². The summed E-state index contributed by atoms with van der Waals surface area (Å²) in [5.41, 5.74) is -0.542. The maximum absolute atomic E-state index is 9.36. The maximum Gasteiger partial charge on any atom is 0.231 e. The third-order valence-electron chi connectivity index (χ3n) is 4.06. The van der Waals surface area contributed by atoms with Crippen LogP contribution in [0.25, 0.3) is 0 Å². The van der Waals surface area contributed by atoms with Crippen LogP contribution in [0.15, 0.2) is 0 Å². The van der Waals surface area contributed by atoms with Gasteiger partial charge in [-0.3, -0.25) is 0 Å². The van der Waals surface area contributed by atoms with Crippen LogP contribution in [0.4, 0.5) is 11.9 Å². The average molecular weight is 344 g/mol. The second kappa shape index (κ2) is 6.35. The summed E-state index contributed by atoms with van der Waals surface area (Å²) in [5, 5.41) is 12.5. The summed E-state index contributed by atoms with van der Waals surface area (Å²) >= 11 is 6.02. The third kappa shape index (κ3) is 3.82. The molecule has 1 aromatic rings. The van der Waals surface area contributed by atoms with Crippen LogP contribution in [0, 0.1) is 0 Å². The smallest absolute Gasteiger partial charge is 0.231 e. The molecular weight excluding hydrogens is 322 g/mol. The Morgan fingerprint density at radius 3 is 2.48 bits per heavy atom. The highest BCUT2D eigenvalue weighted by Gasteiger charge is 2.40. The fourth-order valence-electron chi connectivity index (χ4n) is 2.71. The van der Waals surface area contributed by atoms with E-state index in [-0.39, 0.29) is 11.9 Å². The molecule has 9 heteroatoms. The standard InChI is InChI=1S/C14H22ClN5O3/c1-13(2,9-21)19-11-16-10(15)17-12(18-11)20-5-3-14(4-6-20)22-7-8-23-14/h21H,3-9H2,1-2H3,(H,16,17,18,19). The Kier molecular flexibility index (Phi) is 4.59. The van der Waals surface area contributed by atoms with Crippen LogP contribution >= 0.6 is 11.6 Å². The summed E-state index contributed by atoms with van der Waals surface area (Å²) < 4.78 is 11.5. The van der Waals surface area contributed by atoms with Gasteiger partial charge in [0, 0.05) is 25.9 Å². The molecule has 0 amide bonds. The number of nitrogens with zero attached hydrogens (tertiary/aromatic N) is 4. The monoisotopic (exact) mass is 343 g/mol. The lowest BCUT2D eigenvalue weighted by Gasteiger charge is -2.37. The predicted molar refractivity (Wildman–Crippen MR) is 85.7 cm³/mol. The molecule has 1 spiro atoms. The quantitative estimate of drug-likeness (QED) is 0.838. The molecule has 2 fully saturated rings. The predicted octanol–water partition coefficient (Wildman–Crippen LogP) is 1.05. The topological polar surface area (TPSA) is 92.6 Å². The summed E-state index contributed by atoms with van der Waals surface area (Å²) in [6.45, 7) is 6.41. The number of aromatic nitrogens is 3. The van der Waals surface area contributed by atoms with Crippen molar-refractivity contribution < 1.29 is 14.6 Å². The van der Waals surface area contributed by atoms with Gasteiger partial charge in [-0.25, -0.2) is 0 Å². The molecule has 2 N–H and O–H groups in total. The van der Waals surface area contributed by atoms with E-state index < -0.39 is 11.3 Å². The molecule has 2 aliphatic heterocycles. The first-order valence-corrected chi connectivity index (χ1v) is 8.13. The van der Waals surface area contributed by atoms with E-state index >= 15 is 0 Å². The van der Waals surface area contributed by atoms with Crippen molar-refractivity contribution in [2.24, 2.45) is 0 Å². The second-order valence-electron chi connectivity index (χ2n) is 6.49. The number of hydrogen-bond donors (Lipinski definition) is 2. The van der Waals surface area contributed by atoms with E-state index in [0.29, 0.717) is 25.1 Å². The second-order valence-corrected chi connectivity index (χ2v) is 6.83. The normalized spacial score (nSPS) is 21.0. The molecule has 128 valence electrons. The molecule has 0 atom stereocenters. The molecule has 0 saturated carbocycles. The molecule has 2 saturated heterocycles. The minimum Gasteiger partial charge on any atom is -0.394 e. The molecule has 2 aliphatic rings. The van der Waals surface area contributed by atoms with Gasteiger partial charge in [0.2, 0.25) is 17.2 Å². The van der Waals surface area contributed by atoms with Gasteiger partial charge in [-0.15, -0.1) is 0 Å². The summed E-state index contributed by atoms with van der Waals surface area (Å²) in [7, 11) is 0. The van der Waals surface area contributed by atoms with E-state index in [1.807, 2.05) is 18.7 Å². The number of piperidine rings is 1. The molecular formula is C14H22ClN5O3. The zero-order chi connectivity index (χ0) is 16.5. The highest BCUT2D eigenvalue weighted by molar-refractivity contribution is 6.28. The van der Waals surface area contributed by atoms with Crippen LogP contribution in [0.1, 0.15) is 26.7 Å². The van der Waals surface area contributed by atoms with Crippen LogP contribution in [-0.4, -0.2) is 64.3 Å². The van der Waals surface area contributed by atoms with E-state index in [1.165, 1.54) is 0 Å². The SMILES string of the molecule is CC(C)(CO)Nc1nc(Cl)nc(N2CCC3(CC2)OCCO3)n1. The number of halogens is 1. The van der Waals surface area contributed by atoms with Crippen molar-refractivity contribution in [3.05, 3.63) is 5.28 Å². The number of aliphatic hydroxyl groups is 1. The molecule has 8 nitrogen and oxygen atoms in total. The van der Waals surface area contributed by atoms with Gasteiger partial charge in [-0.05, 0) is 25.4 Å². The van der Waals surface area contributed by atoms with Gasteiger partial charge in [0.05, 0.1) is 25.4 Å². The molecule has 3 rings (SSSR count). The van der Waals surface area contributed by atoms with Crippen LogP contribution in [0.2, 0.25) is 5.28 Å². The number of nitrogens with one attached hydrogen (secondary N) is 1. The van der Waals surface area contributed by atoms with Crippen molar-refractivity contribution in [2.45, 2.75) is 38.0 Å². The van der Waals surface area contributed by atoms with Crippen LogP contribution in [-0.2, 0) is 9.47 Å². The van der Waals surface area contributed by atoms with E-state index in [4.69, 9.17) is 21.1 Å². The maximum atomic E-state index is 9.36. The highest BCUT2D eigenvalue weighted by atomic mass is 35.5. The van der Waals surface area contributed by atoms with Gasteiger partial charge in [0.15, 0.2) is 5.79 Å². The Bertz CT molecular complexity index is 555. The Labute approximate surface area is 140 Å². The first kappa shape index (κ1) is 16.6. The minimum atomic E-state index is -0.542. The molecule has 1 aromatic heterocycles. The molecule has 0 aromatic carbocycles. The van der Waals surface area contributed by atoms with E-state index in [0.717, 1.165) is 25.9 Å². The van der Waals surface area contributed by atoms with Crippen molar-refractivity contribution >= 4 is 23.5 Å². The van der Waals surface area contributed by atoms with Crippen LogP contribution in [0.5, 0.6) is 0 Å². The lowest BCUT2D eigenvalue weighted by Crippen LogP contribution is -2.46. The fourth-order valence-corrected chi connectivity index (χ4v) is 2.87.